The minimum absolute atomic E-state index is 0.690. The molecule has 1 rings (SSSR count). The van der Waals surface area contributed by atoms with Gasteiger partial charge in [-0.1, -0.05) is 6.07 Å². The first-order valence-corrected chi connectivity index (χ1v) is 7.14. The van der Waals surface area contributed by atoms with Crippen LogP contribution in [0.4, 0.5) is 0 Å². The predicted molar refractivity (Wildman–Crippen MR) is 77.3 cm³/mol. The van der Waals surface area contributed by atoms with Crippen LogP contribution in [-0.4, -0.2) is 39.7 Å². The van der Waals surface area contributed by atoms with Crippen molar-refractivity contribution in [3.63, 3.8) is 0 Å². The second-order valence-electron chi connectivity index (χ2n) is 3.95. The number of nitrogens with one attached hydrogen (secondary N) is 1. The topological polar surface area (TPSA) is 54.3 Å². The van der Waals surface area contributed by atoms with Crippen molar-refractivity contribution in [2.24, 2.45) is 0 Å². The highest BCUT2D eigenvalue weighted by Gasteiger charge is 2.04. The molecule has 1 aromatic carbocycles. The summed E-state index contributed by atoms with van der Waals surface area (Å²) in [4.78, 5) is 1.01. The Morgan fingerprint density at radius 1 is 1.26 bits per heavy atom. The number of methoxy groups -OCH3 is 2. The first-order valence-electron chi connectivity index (χ1n) is 6.16. The lowest BCUT2D eigenvalue weighted by Crippen LogP contribution is -2.18. The van der Waals surface area contributed by atoms with Crippen LogP contribution in [0.15, 0.2) is 23.1 Å². The number of nitrogens with zero attached hydrogens (tertiary/aromatic N) is 1. The number of thioether (sulfide) groups is 1. The third kappa shape index (κ3) is 6.08. The van der Waals surface area contributed by atoms with Crippen LogP contribution < -0.4 is 5.32 Å². The molecule has 0 aliphatic carbocycles. The minimum atomic E-state index is 0.690. The number of hydrogen-bond acceptors (Lipinski definition) is 5. The number of benzene rings is 1. The van der Waals surface area contributed by atoms with Crippen LogP contribution in [0.25, 0.3) is 0 Å². The van der Waals surface area contributed by atoms with Crippen LogP contribution in [0, 0.1) is 11.3 Å². The van der Waals surface area contributed by atoms with E-state index in [1.54, 1.807) is 26.0 Å². The summed E-state index contributed by atoms with van der Waals surface area (Å²) >= 11 is 1.65. The molecule has 0 amide bonds. The third-order valence-electron chi connectivity index (χ3n) is 2.52. The molecule has 104 valence electrons. The van der Waals surface area contributed by atoms with Gasteiger partial charge in [0, 0.05) is 38.0 Å². The SMILES string of the molecule is COCCNCc1ccc(SCCOC)c(C#N)c1. The Bertz CT molecular complexity index is 418. The van der Waals surface area contributed by atoms with Crippen molar-refractivity contribution in [3.8, 4) is 6.07 Å². The van der Waals surface area contributed by atoms with Crippen LogP contribution in [0.5, 0.6) is 0 Å². The Morgan fingerprint density at radius 2 is 2.05 bits per heavy atom. The molecular weight excluding hydrogens is 260 g/mol. The molecule has 0 atom stereocenters. The quantitative estimate of drug-likeness (QED) is 0.554. The van der Waals surface area contributed by atoms with Gasteiger partial charge in [-0.2, -0.15) is 5.26 Å². The van der Waals surface area contributed by atoms with Crippen LogP contribution in [0.3, 0.4) is 0 Å². The van der Waals surface area contributed by atoms with E-state index in [-0.39, 0.29) is 0 Å². The smallest absolute Gasteiger partial charge is 0.100 e. The van der Waals surface area contributed by atoms with Crippen molar-refractivity contribution in [1.29, 1.82) is 5.26 Å². The Labute approximate surface area is 119 Å². The fraction of sp³-hybridized carbons (Fsp3) is 0.500. The second-order valence-corrected chi connectivity index (χ2v) is 5.09. The Balaban J connectivity index is 2.55. The maximum Gasteiger partial charge on any atom is 0.100 e. The summed E-state index contributed by atoms with van der Waals surface area (Å²) in [6.07, 6.45) is 0. The van der Waals surface area contributed by atoms with E-state index >= 15 is 0 Å². The van der Waals surface area contributed by atoms with E-state index in [1.165, 1.54) is 0 Å². The lowest BCUT2D eigenvalue weighted by Gasteiger charge is -2.08. The van der Waals surface area contributed by atoms with E-state index in [9.17, 15) is 5.26 Å². The van der Waals surface area contributed by atoms with Gasteiger partial charge in [0.1, 0.15) is 6.07 Å². The van der Waals surface area contributed by atoms with Gasteiger partial charge in [0.2, 0.25) is 0 Å². The Kier molecular flexibility index (Phi) is 8.26. The molecule has 5 heteroatoms. The van der Waals surface area contributed by atoms with Crippen molar-refractivity contribution >= 4 is 11.8 Å². The summed E-state index contributed by atoms with van der Waals surface area (Å²) in [5.41, 5.74) is 1.84. The molecule has 0 saturated carbocycles. The normalized spacial score (nSPS) is 10.4. The molecule has 19 heavy (non-hydrogen) atoms. The lowest BCUT2D eigenvalue weighted by molar-refractivity contribution is 0.199. The molecule has 0 fully saturated rings. The van der Waals surface area contributed by atoms with E-state index in [4.69, 9.17) is 9.47 Å². The summed E-state index contributed by atoms with van der Waals surface area (Å²) in [7, 11) is 3.36. The molecule has 1 N–H and O–H groups in total. The maximum absolute atomic E-state index is 9.17. The summed E-state index contributed by atoms with van der Waals surface area (Å²) in [6.45, 7) is 2.94. The van der Waals surface area contributed by atoms with Gasteiger partial charge in [-0.3, -0.25) is 0 Å². The van der Waals surface area contributed by atoms with Crippen molar-refractivity contribution in [3.05, 3.63) is 29.3 Å². The van der Waals surface area contributed by atoms with Gasteiger partial charge in [0.15, 0.2) is 0 Å². The lowest BCUT2D eigenvalue weighted by atomic mass is 10.1. The molecule has 0 aromatic heterocycles. The van der Waals surface area contributed by atoms with Crippen molar-refractivity contribution < 1.29 is 9.47 Å². The molecule has 0 heterocycles. The van der Waals surface area contributed by atoms with Gasteiger partial charge in [-0.25, -0.2) is 0 Å². The summed E-state index contributed by atoms with van der Waals surface area (Å²) in [5, 5.41) is 12.4. The molecule has 0 saturated heterocycles. The third-order valence-corrected chi connectivity index (χ3v) is 3.56. The average molecular weight is 280 g/mol. The number of hydrogen-bond donors (Lipinski definition) is 1. The molecule has 0 radical (unpaired) electrons. The van der Waals surface area contributed by atoms with E-state index in [2.05, 4.69) is 17.5 Å². The zero-order valence-electron chi connectivity index (χ0n) is 11.4. The first kappa shape index (κ1) is 16.0. The molecule has 0 spiro atoms. The van der Waals surface area contributed by atoms with E-state index < -0.39 is 0 Å². The zero-order valence-corrected chi connectivity index (χ0v) is 12.3. The molecule has 1 aromatic rings. The minimum Gasteiger partial charge on any atom is -0.384 e. The van der Waals surface area contributed by atoms with E-state index in [0.717, 1.165) is 34.9 Å². The van der Waals surface area contributed by atoms with E-state index in [1.807, 2.05) is 12.1 Å². The largest absolute Gasteiger partial charge is 0.384 e. The maximum atomic E-state index is 9.17. The van der Waals surface area contributed by atoms with Gasteiger partial charge >= 0.3 is 0 Å². The molecule has 0 aliphatic rings. The number of ether oxygens (including phenoxy) is 2. The molecule has 0 unspecified atom stereocenters. The Hall–Kier alpha value is -1.06. The molecular formula is C14H20N2O2S. The second kappa shape index (κ2) is 9.82. The highest BCUT2D eigenvalue weighted by Crippen LogP contribution is 2.23. The van der Waals surface area contributed by atoms with Gasteiger partial charge in [0.05, 0.1) is 18.8 Å². The average Bonchev–Trinajstić information content (AvgIpc) is 2.45. The summed E-state index contributed by atoms with van der Waals surface area (Å²) in [6, 6.07) is 8.25. The summed E-state index contributed by atoms with van der Waals surface area (Å²) in [5.74, 6) is 0.858. The van der Waals surface area contributed by atoms with Gasteiger partial charge in [-0.05, 0) is 17.7 Å². The van der Waals surface area contributed by atoms with Crippen LogP contribution in [0.2, 0.25) is 0 Å². The Morgan fingerprint density at radius 3 is 2.74 bits per heavy atom. The standard InChI is InChI=1S/C14H20N2O2S/c1-17-6-5-16-11-12-3-4-14(13(9-12)10-15)19-8-7-18-2/h3-4,9,16H,5-8,11H2,1-2H3. The molecule has 4 nitrogen and oxygen atoms in total. The highest BCUT2D eigenvalue weighted by molar-refractivity contribution is 7.99. The van der Waals surface area contributed by atoms with Gasteiger partial charge in [-0.15, -0.1) is 11.8 Å². The molecule has 0 bridgehead atoms. The van der Waals surface area contributed by atoms with Crippen LogP contribution in [0.1, 0.15) is 11.1 Å². The fourth-order valence-corrected chi connectivity index (χ4v) is 2.44. The predicted octanol–water partition coefficient (Wildman–Crippen LogP) is 2.03. The van der Waals surface area contributed by atoms with E-state index in [0.29, 0.717) is 13.2 Å². The van der Waals surface area contributed by atoms with Crippen molar-refractivity contribution in [2.45, 2.75) is 11.4 Å². The van der Waals surface area contributed by atoms with Gasteiger partial charge in [0.25, 0.3) is 0 Å². The number of nitriles is 1. The first-order chi connectivity index (χ1) is 9.31. The van der Waals surface area contributed by atoms with Crippen LogP contribution >= 0.6 is 11.8 Å². The number of rotatable bonds is 9. The summed E-state index contributed by atoms with van der Waals surface area (Å²) < 4.78 is 9.98. The monoisotopic (exact) mass is 280 g/mol. The zero-order chi connectivity index (χ0) is 13.9. The highest BCUT2D eigenvalue weighted by atomic mass is 32.2. The van der Waals surface area contributed by atoms with Crippen LogP contribution in [-0.2, 0) is 16.0 Å². The fourth-order valence-electron chi connectivity index (χ4n) is 1.54. The van der Waals surface area contributed by atoms with Gasteiger partial charge < -0.3 is 14.8 Å². The molecule has 0 aliphatic heterocycles. The van der Waals surface area contributed by atoms with Crippen molar-refractivity contribution in [1.82, 2.24) is 5.32 Å². The van der Waals surface area contributed by atoms with Crippen molar-refractivity contribution in [2.75, 3.05) is 39.7 Å².